The van der Waals surface area contributed by atoms with Crippen LogP contribution in [0.15, 0.2) is 29.4 Å². The molecule has 1 aromatic heterocycles. The maximum Gasteiger partial charge on any atom is 0.508 e. The SMILES string of the molecule is CC[C@H](C)[C@H](OC(=O)OCCSSc1ccccn1)C(C)C. The third kappa shape index (κ3) is 7.40. The van der Waals surface area contributed by atoms with Crippen molar-refractivity contribution in [3.63, 3.8) is 0 Å². The summed E-state index contributed by atoms with van der Waals surface area (Å²) >= 11 is 0. The molecular weight excluding hydrogens is 318 g/mol. The number of ether oxygens (including phenoxy) is 2. The monoisotopic (exact) mass is 343 g/mol. The molecule has 0 amide bonds. The molecule has 0 aliphatic heterocycles. The molecule has 22 heavy (non-hydrogen) atoms. The summed E-state index contributed by atoms with van der Waals surface area (Å²) in [5.74, 6) is 1.32. The maximum absolute atomic E-state index is 11.7. The van der Waals surface area contributed by atoms with E-state index < -0.39 is 6.16 Å². The predicted octanol–water partition coefficient (Wildman–Crippen LogP) is 5.05. The van der Waals surface area contributed by atoms with Gasteiger partial charge in [-0.3, -0.25) is 0 Å². The van der Waals surface area contributed by atoms with Gasteiger partial charge < -0.3 is 9.47 Å². The van der Waals surface area contributed by atoms with Gasteiger partial charge in [-0.15, -0.1) is 0 Å². The van der Waals surface area contributed by atoms with Crippen LogP contribution >= 0.6 is 21.6 Å². The number of aromatic nitrogens is 1. The highest BCUT2D eigenvalue weighted by molar-refractivity contribution is 8.76. The van der Waals surface area contributed by atoms with E-state index in [1.807, 2.05) is 18.2 Å². The van der Waals surface area contributed by atoms with Gasteiger partial charge >= 0.3 is 6.16 Å². The number of carbonyl (C=O) groups is 1. The van der Waals surface area contributed by atoms with Crippen molar-refractivity contribution in [2.24, 2.45) is 11.8 Å². The first-order valence-corrected chi connectivity index (χ1v) is 9.90. The van der Waals surface area contributed by atoms with Crippen molar-refractivity contribution in [2.75, 3.05) is 12.4 Å². The average molecular weight is 344 g/mol. The minimum atomic E-state index is -0.567. The van der Waals surface area contributed by atoms with Crippen LogP contribution in [0.1, 0.15) is 34.1 Å². The molecule has 0 N–H and O–H groups in total. The van der Waals surface area contributed by atoms with Crippen LogP contribution in [0.3, 0.4) is 0 Å². The topological polar surface area (TPSA) is 48.4 Å². The van der Waals surface area contributed by atoms with Crippen molar-refractivity contribution in [1.82, 2.24) is 4.98 Å². The second kappa shape index (κ2) is 10.8. The van der Waals surface area contributed by atoms with Crippen LogP contribution in [0.2, 0.25) is 0 Å². The summed E-state index contributed by atoms with van der Waals surface area (Å²) in [6, 6.07) is 5.78. The first kappa shape index (κ1) is 19.2. The number of carbonyl (C=O) groups excluding carboxylic acids is 1. The molecule has 1 rings (SSSR count). The van der Waals surface area contributed by atoms with E-state index in [0.29, 0.717) is 18.3 Å². The van der Waals surface area contributed by atoms with Crippen LogP contribution in [-0.4, -0.2) is 29.6 Å². The summed E-state index contributed by atoms with van der Waals surface area (Å²) in [6.45, 7) is 8.65. The molecule has 0 aliphatic rings. The highest BCUT2D eigenvalue weighted by Crippen LogP contribution is 2.28. The number of hydrogen-bond donors (Lipinski definition) is 0. The average Bonchev–Trinajstić information content (AvgIpc) is 2.52. The summed E-state index contributed by atoms with van der Waals surface area (Å²) < 4.78 is 10.6. The Labute approximate surface area is 141 Å². The molecular formula is C16H25NO3S2. The van der Waals surface area contributed by atoms with E-state index in [2.05, 4.69) is 32.7 Å². The molecule has 1 aromatic rings. The first-order valence-electron chi connectivity index (χ1n) is 7.58. The van der Waals surface area contributed by atoms with E-state index in [1.54, 1.807) is 27.8 Å². The second-order valence-electron chi connectivity index (χ2n) is 5.38. The van der Waals surface area contributed by atoms with Crippen molar-refractivity contribution in [1.29, 1.82) is 0 Å². The van der Waals surface area contributed by atoms with Crippen LogP contribution in [0.4, 0.5) is 4.79 Å². The molecule has 0 radical (unpaired) electrons. The molecule has 0 saturated carbocycles. The Kier molecular flexibility index (Phi) is 9.39. The molecule has 4 nitrogen and oxygen atoms in total. The predicted molar refractivity (Wildman–Crippen MR) is 93.1 cm³/mol. The fraction of sp³-hybridized carbons (Fsp3) is 0.625. The Morgan fingerprint density at radius 3 is 2.68 bits per heavy atom. The van der Waals surface area contributed by atoms with Crippen LogP contribution < -0.4 is 0 Å². The summed E-state index contributed by atoms with van der Waals surface area (Å²) in [5.41, 5.74) is 0. The number of nitrogens with zero attached hydrogens (tertiary/aromatic N) is 1. The molecule has 2 atom stereocenters. The minimum absolute atomic E-state index is 0.0898. The van der Waals surface area contributed by atoms with Crippen LogP contribution in [0, 0.1) is 11.8 Å². The molecule has 0 spiro atoms. The lowest BCUT2D eigenvalue weighted by Crippen LogP contribution is -2.30. The van der Waals surface area contributed by atoms with Gasteiger partial charge in [-0.2, -0.15) is 0 Å². The maximum atomic E-state index is 11.7. The van der Waals surface area contributed by atoms with Crippen molar-refractivity contribution < 1.29 is 14.3 Å². The summed E-state index contributed by atoms with van der Waals surface area (Å²) in [5, 5.41) is 0.951. The van der Waals surface area contributed by atoms with E-state index in [9.17, 15) is 4.79 Å². The Balaban J connectivity index is 2.19. The second-order valence-corrected chi connectivity index (χ2v) is 7.82. The van der Waals surface area contributed by atoms with Gasteiger partial charge in [-0.25, -0.2) is 9.78 Å². The van der Waals surface area contributed by atoms with Crippen LogP contribution in [0.25, 0.3) is 0 Å². The van der Waals surface area contributed by atoms with Gasteiger partial charge in [0.15, 0.2) is 0 Å². The molecule has 0 unspecified atom stereocenters. The fourth-order valence-electron chi connectivity index (χ4n) is 1.94. The fourth-order valence-corrected chi connectivity index (χ4v) is 3.65. The number of hydrogen-bond acceptors (Lipinski definition) is 6. The van der Waals surface area contributed by atoms with E-state index >= 15 is 0 Å². The lowest BCUT2D eigenvalue weighted by atomic mass is 9.93. The molecule has 0 aromatic carbocycles. The normalized spacial score (nSPS) is 13.7. The quantitative estimate of drug-likeness (QED) is 0.355. The van der Waals surface area contributed by atoms with E-state index in [-0.39, 0.29) is 12.0 Å². The van der Waals surface area contributed by atoms with Gasteiger partial charge in [-0.05, 0) is 34.8 Å². The zero-order chi connectivity index (χ0) is 16.4. The molecule has 0 aliphatic carbocycles. The van der Waals surface area contributed by atoms with Crippen LogP contribution in [-0.2, 0) is 9.47 Å². The molecule has 0 saturated heterocycles. The van der Waals surface area contributed by atoms with Gasteiger partial charge in [0.25, 0.3) is 0 Å². The van der Waals surface area contributed by atoms with Gasteiger partial charge in [-0.1, -0.05) is 51.0 Å². The highest BCUT2D eigenvalue weighted by Gasteiger charge is 2.24. The lowest BCUT2D eigenvalue weighted by molar-refractivity contribution is -0.0120. The van der Waals surface area contributed by atoms with Crippen molar-refractivity contribution in [3.05, 3.63) is 24.4 Å². The van der Waals surface area contributed by atoms with Gasteiger partial charge in [0, 0.05) is 11.9 Å². The molecule has 0 fully saturated rings. The van der Waals surface area contributed by atoms with Crippen molar-refractivity contribution in [2.45, 2.75) is 45.2 Å². The zero-order valence-electron chi connectivity index (χ0n) is 13.7. The molecule has 0 bridgehead atoms. The molecule has 1 heterocycles. The van der Waals surface area contributed by atoms with Crippen molar-refractivity contribution in [3.8, 4) is 0 Å². The standard InChI is InChI=1S/C16H25NO3S2/c1-5-13(4)15(12(2)3)20-16(18)19-10-11-21-22-14-8-6-7-9-17-14/h6-9,12-13,15H,5,10-11H2,1-4H3/t13-,15+/m0/s1. The minimum Gasteiger partial charge on any atom is -0.433 e. The van der Waals surface area contributed by atoms with Gasteiger partial charge in [0.1, 0.15) is 17.7 Å². The lowest BCUT2D eigenvalue weighted by Gasteiger charge is -2.26. The Hall–Kier alpha value is -0.880. The largest absolute Gasteiger partial charge is 0.508 e. The highest BCUT2D eigenvalue weighted by atomic mass is 33.1. The number of pyridine rings is 1. The Morgan fingerprint density at radius 2 is 2.09 bits per heavy atom. The van der Waals surface area contributed by atoms with E-state index in [4.69, 9.17) is 9.47 Å². The van der Waals surface area contributed by atoms with Crippen LogP contribution in [0.5, 0.6) is 0 Å². The molecule has 6 heteroatoms. The smallest absolute Gasteiger partial charge is 0.433 e. The van der Waals surface area contributed by atoms with Gasteiger partial charge in [0.2, 0.25) is 0 Å². The summed E-state index contributed by atoms with van der Waals surface area (Å²) in [7, 11) is 3.18. The zero-order valence-corrected chi connectivity index (χ0v) is 15.3. The third-order valence-corrected chi connectivity index (χ3v) is 5.49. The third-order valence-electron chi connectivity index (χ3n) is 3.26. The van der Waals surface area contributed by atoms with E-state index in [1.165, 1.54) is 0 Å². The summed E-state index contributed by atoms with van der Waals surface area (Å²) in [4.78, 5) is 15.9. The molecule has 124 valence electrons. The first-order chi connectivity index (χ1) is 10.5. The Morgan fingerprint density at radius 1 is 1.32 bits per heavy atom. The summed E-state index contributed by atoms with van der Waals surface area (Å²) in [6.07, 6.45) is 2.08. The Bertz CT molecular complexity index is 429. The van der Waals surface area contributed by atoms with E-state index in [0.717, 1.165) is 11.4 Å². The van der Waals surface area contributed by atoms with Crippen molar-refractivity contribution >= 4 is 27.7 Å². The number of rotatable bonds is 9. The van der Waals surface area contributed by atoms with Gasteiger partial charge in [0.05, 0.1) is 0 Å².